The van der Waals surface area contributed by atoms with E-state index in [-0.39, 0.29) is 23.1 Å². The summed E-state index contributed by atoms with van der Waals surface area (Å²) in [4.78, 5) is 23.3. The van der Waals surface area contributed by atoms with E-state index in [2.05, 4.69) is 4.90 Å². The van der Waals surface area contributed by atoms with Crippen LogP contribution < -0.4 is 0 Å². The number of benzene rings is 1. The molecular weight excluding hydrogens is 272 g/mol. The summed E-state index contributed by atoms with van der Waals surface area (Å²) >= 11 is 0. The van der Waals surface area contributed by atoms with Crippen LogP contribution in [0, 0.1) is 16.0 Å². The molecule has 0 spiro atoms. The van der Waals surface area contributed by atoms with Gasteiger partial charge in [0.1, 0.15) is 0 Å². The van der Waals surface area contributed by atoms with E-state index in [0.29, 0.717) is 12.3 Å². The quantitative estimate of drug-likeness (QED) is 0.644. The van der Waals surface area contributed by atoms with E-state index >= 15 is 0 Å². The van der Waals surface area contributed by atoms with Crippen molar-refractivity contribution in [1.82, 2.24) is 4.90 Å². The Kier molecular flexibility index (Phi) is 4.90. The summed E-state index contributed by atoms with van der Waals surface area (Å²) < 4.78 is 0. The highest BCUT2D eigenvalue weighted by Crippen LogP contribution is 2.30. The van der Waals surface area contributed by atoms with Gasteiger partial charge in [0, 0.05) is 31.1 Å². The number of nitro groups is 1. The lowest BCUT2D eigenvalue weighted by Gasteiger charge is -2.24. The van der Waals surface area contributed by atoms with E-state index in [0.717, 1.165) is 25.1 Å². The molecule has 2 atom stereocenters. The smallest absolute Gasteiger partial charge is 0.303 e. The normalized spacial score (nSPS) is 20.3. The topological polar surface area (TPSA) is 83.7 Å². The molecule has 114 valence electrons. The fourth-order valence-corrected chi connectivity index (χ4v) is 2.89. The van der Waals surface area contributed by atoms with E-state index in [4.69, 9.17) is 5.11 Å². The summed E-state index contributed by atoms with van der Waals surface area (Å²) in [6, 6.07) is 6.84. The third-order valence-corrected chi connectivity index (χ3v) is 4.19. The van der Waals surface area contributed by atoms with Gasteiger partial charge in [0.15, 0.2) is 0 Å². The number of hydrogen-bond acceptors (Lipinski definition) is 4. The molecule has 2 unspecified atom stereocenters. The molecule has 1 aliphatic heterocycles. The van der Waals surface area contributed by atoms with Crippen molar-refractivity contribution >= 4 is 11.7 Å². The van der Waals surface area contributed by atoms with Gasteiger partial charge >= 0.3 is 5.97 Å². The lowest BCUT2D eigenvalue weighted by molar-refractivity contribution is -0.384. The van der Waals surface area contributed by atoms with Gasteiger partial charge in [-0.1, -0.05) is 12.1 Å². The van der Waals surface area contributed by atoms with Crippen molar-refractivity contribution in [3.63, 3.8) is 0 Å². The number of rotatable bonds is 6. The molecule has 1 N–H and O–H groups in total. The van der Waals surface area contributed by atoms with E-state index in [1.165, 1.54) is 6.07 Å². The highest BCUT2D eigenvalue weighted by Gasteiger charge is 2.27. The molecule has 0 radical (unpaired) electrons. The van der Waals surface area contributed by atoms with Gasteiger partial charge in [-0.25, -0.2) is 0 Å². The third-order valence-electron chi connectivity index (χ3n) is 4.19. The molecule has 0 amide bonds. The molecule has 6 heteroatoms. The van der Waals surface area contributed by atoms with E-state index < -0.39 is 5.97 Å². The summed E-state index contributed by atoms with van der Waals surface area (Å²) in [5.74, 6) is -0.345. The van der Waals surface area contributed by atoms with Gasteiger partial charge in [0.25, 0.3) is 5.69 Å². The fraction of sp³-hybridized carbons (Fsp3) is 0.533. The maximum Gasteiger partial charge on any atom is 0.303 e. The molecule has 2 rings (SSSR count). The monoisotopic (exact) mass is 292 g/mol. The van der Waals surface area contributed by atoms with E-state index in [1.54, 1.807) is 12.1 Å². The van der Waals surface area contributed by atoms with Crippen LogP contribution >= 0.6 is 0 Å². The van der Waals surface area contributed by atoms with Gasteiger partial charge in [-0.3, -0.25) is 19.8 Å². The second-order valence-electron chi connectivity index (χ2n) is 5.61. The second kappa shape index (κ2) is 6.67. The van der Waals surface area contributed by atoms with Gasteiger partial charge in [0.05, 0.1) is 4.92 Å². The molecule has 1 aromatic rings. The minimum atomic E-state index is -0.750. The molecule has 21 heavy (non-hydrogen) atoms. The van der Waals surface area contributed by atoms with Crippen molar-refractivity contribution in [3.8, 4) is 0 Å². The fourth-order valence-electron chi connectivity index (χ4n) is 2.89. The number of carboxylic acid groups (broad SMARTS) is 1. The number of nitrogens with zero attached hydrogens (tertiary/aromatic N) is 2. The van der Waals surface area contributed by atoms with Crippen molar-refractivity contribution in [2.45, 2.75) is 32.2 Å². The first kappa shape index (κ1) is 15.4. The molecular formula is C15H20N2O4. The standard InChI is InChI=1S/C15H20N2O4/c1-11(13-3-2-4-14(9-13)17(20)21)16-8-7-12(10-16)5-6-15(18)19/h2-4,9,11-12H,5-8,10H2,1H3,(H,18,19). The number of likely N-dealkylation sites (tertiary alicyclic amines) is 1. The van der Waals surface area contributed by atoms with Crippen LogP contribution in [-0.2, 0) is 4.79 Å². The summed E-state index contributed by atoms with van der Waals surface area (Å²) in [5.41, 5.74) is 1.05. The zero-order valence-corrected chi connectivity index (χ0v) is 12.1. The Labute approximate surface area is 123 Å². The van der Waals surface area contributed by atoms with Crippen LogP contribution in [0.25, 0.3) is 0 Å². The van der Waals surface area contributed by atoms with E-state index in [9.17, 15) is 14.9 Å². The molecule has 0 bridgehead atoms. The van der Waals surface area contributed by atoms with Crippen molar-refractivity contribution in [2.75, 3.05) is 13.1 Å². The Balaban J connectivity index is 1.98. The maximum atomic E-state index is 10.8. The molecule has 1 aromatic carbocycles. The number of nitro benzene ring substituents is 1. The van der Waals surface area contributed by atoms with Crippen molar-refractivity contribution in [3.05, 3.63) is 39.9 Å². The lowest BCUT2D eigenvalue weighted by Crippen LogP contribution is -2.24. The number of hydrogen-bond donors (Lipinski definition) is 1. The first-order valence-electron chi connectivity index (χ1n) is 7.17. The summed E-state index contributed by atoms with van der Waals surface area (Å²) in [6.45, 7) is 3.81. The van der Waals surface area contributed by atoms with Crippen LogP contribution in [0.3, 0.4) is 0 Å². The molecule has 1 saturated heterocycles. The molecule has 6 nitrogen and oxygen atoms in total. The predicted octanol–water partition coefficient (Wildman–Crippen LogP) is 2.84. The molecule has 1 aliphatic rings. The molecule has 0 aromatic heterocycles. The highest BCUT2D eigenvalue weighted by molar-refractivity contribution is 5.66. The first-order valence-corrected chi connectivity index (χ1v) is 7.17. The zero-order chi connectivity index (χ0) is 15.4. The Bertz CT molecular complexity index is 532. The Morgan fingerprint density at radius 2 is 2.33 bits per heavy atom. The largest absolute Gasteiger partial charge is 0.481 e. The van der Waals surface area contributed by atoms with Crippen LogP contribution in [0.2, 0.25) is 0 Å². The van der Waals surface area contributed by atoms with Gasteiger partial charge in [-0.05, 0) is 37.8 Å². The maximum absolute atomic E-state index is 10.8. The summed E-state index contributed by atoms with van der Waals surface area (Å²) in [7, 11) is 0. The van der Waals surface area contributed by atoms with Gasteiger partial charge in [-0.15, -0.1) is 0 Å². The van der Waals surface area contributed by atoms with Crippen molar-refractivity contribution < 1.29 is 14.8 Å². The van der Waals surface area contributed by atoms with Gasteiger partial charge in [0.2, 0.25) is 0 Å². The highest BCUT2D eigenvalue weighted by atomic mass is 16.6. The van der Waals surface area contributed by atoms with Crippen LogP contribution in [0.1, 0.15) is 37.8 Å². The molecule has 1 heterocycles. The third kappa shape index (κ3) is 4.01. The van der Waals surface area contributed by atoms with E-state index in [1.807, 2.05) is 13.0 Å². The Morgan fingerprint density at radius 3 is 3.00 bits per heavy atom. The van der Waals surface area contributed by atoms with Crippen LogP contribution in [0.15, 0.2) is 24.3 Å². The predicted molar refractivity (Wildman–Crippen MR) is 78.1 cm³/mol. The van der Waals surface area contributed by atoms with Crippen LogP contribution in [0.5, 0.6) is 0 Å². The average molecular weight is 292 g/mol. The number of aliphatic carboxylic acids is 1. The number of non-ortho nitro benzene ring substituents is 1. The summed E-state index contributed by atoms with van der Waals surface area (Å²) in [6.07, 6.45) is 1.91. The van der Waals surface area contributed by atoms with Crippen molar-refractivity contribution in [1.29, 1.82) is 0 Å². The van der Waals surface area contributed by atoms with Crippen molar-refractivity contribution in [2.24, 2.45) is 5.92 Å². The zero-order valence-electron chi connectivity index (χ0n) is 12.1. The van der Waals surface area contributed by atoms with Gasteiger partial charge < -0.3 is 5.11 Å². The number of carboxylic acids is 1. The molecule has 1 fully saturated rings. The first-order chi connectivity index (χ1) is 9.97. The minimum absolute atomic E-state index is 0.111. The Hall–Kier alpha value is -1.95. The van der Waals surface area contributed by atoms with Gasteiger partial charge in [-0.2, -0.15) is 0 Å². The Morgan fingerprint density at radius 1 is 1.57 bits per heavy atom. The molecule has 0 aliphatic carbocycles. The SMILES string of the molecule is CC(c1cccc([N+](=O)[O-])c1)N1CCC(CCC(=O)O)C1. The lowest BCUT2D eigenvalue weighted by atomic mass is 10.0. The number of carbonyl (C=O) groups is 1. The van der Waals surface area contributed by atoms with Crippen LogP contribution in [-0.4, -0.2) is 34.0 Å². The molecule has 0 saturated carbocycles. The second-order valence-corrected chi connectivity index (χ2v) is 5.61. The summed E-state index contributed by atoms with van der Waals surface area (Å²) in [5, 5.41) is 19.6. The van der Waals surface area contributed by atoms with Crippen LogP contribution in [0.4, 0.5) is 5.69 Å². The average Bonchev–Trinajstić information content (AvgIpc) is 2.93. The minimum Gasteiger partial charge on any atom is -0.481 e.